The van der Waals surface area contributed by atoms with Crippen molar-refractivity contribution in [3.63, 3.8) is 0 Å². The van der Waals surface area contributed by atoms with Gasteiger partial charge in [0, 0.05) is 50.5 Å². The second-order valence-electron chi connectivity index (χ2n) is 6.93. The second kappa shape index (κ2) is 8.68. The van der Waals surface area contributed by atoms with Gasteiger partial charge in [0.15, 0.2) is 0 Å². The first-order chi connectivity index (χ1) is 14.2. The van der Waals surface area contributed by atoms with Crippen molar-refractivity contribution in [2.45, 2.75) is 13.3 Å². The van der Waals surface area contributed by atoms with Crippen molar-refractivity contribution in [3.05, 3.63) is 72.3 Å². The van der Waals surface area contributed by atoms with Crippen LogP contribution < -0.4 is 10.2 Å². The third-order valence-electron chi connectivity index (χ3n) is 5.06. The van der Waals surface area contributed by atoms with E-state index in [9.17, 15) is 4.79 Å². The number of benzene rings is 1. The third-order valence-corrected chi connectivity index (χ3v) is 5.06. The summed E-state index contributed by atoms with van der Waals surface area (Å²) < 4.78 is 0. The number of anilines is 3. The van der Waals surface area contributed by atoms with Gasteiger partial charge >= 0.3 is 0 Å². The number of pyridine rings is 1. The first kappa shape index (κ1) is 18.9. The van der Waals surface area contributed by atoms with Crippen LogP contribution in [0.4, 0.5) is 17.3 Å². The van der Waals surface area contributed by atoms with Crippen LogP contribution in [0.2, 0.25) is 0 Å². The van der Waals surface area contributed by atoms with Gasteiger partial charge in [0.2, 0.25) is 5.95 Å². The molecule has 2 aromatic heterocycles. The van der Waals surface area contributed by atoms with Crippen molar-refractivity contribution >= 4 is 23.2 Å². The van der Waals surface area contributed by atoms with Crippen molar-refractivity contribution in [2.75, 3.05) is 36.4 Å². The fourth-order valence-electron chi connectivity index (χ4n) is 3.48. The number of hydrogen-bond acceptors (Lipinski definition) is 6. The first-order valence-electron chi connectivity index (χ1n) is 9.86. The fraction of sp³-hybridized carbons (Fsp3) is 0.273. The van der Waals surface area contributed by atoms with E-state index in [1.54, 1.807) is 30.9 Å². The summed E-state index contributed by atoms with van der Waals surface area (Å²) in [6.07, 6.45) is 7.78. The first-order valence-corrected chi connectivity index (χ1v) is 9.86. The van der Waals surface area contributed by atoms with Gasteiger partial charge in [-0.1, -0.05) is 25.1 Å². The molecule has 7 nitrogen and oxygen atoms in total. The maximum atomic E-state index is 13.0. The van der Waals surface area contributed by atoms with Gasteiger partial charge in [-0.2, -0.15) is 0 Å². The monoisotopic (exact) mass is 388 g/mol. The molecular weight excluding hydrogens is 364 g/mol. The molecule has 1 aromatic carbocycles. The molecule has 0 unspecified atom stereocenters. The Morgan fingerprint density at radius 1 is 1.03 bits per heavy atom. The Bertz CT molecular complexity index is 970. The highest BCUT2D eigenvalue weighted by Gasteiger charge is 2.23. The number of carbonyl (C=O) groups is 1. The Morgan fingerprint density at radius 2 is 1.79 bits per heavy atom. The molecule has 0 radical (unpaired) electrons. The summed E-state index contributed by atoms with van der Waals surface area (Å²) in [5.74, 6) is 0.709. The van der Waals surface area contributed by atoms with E-state index in [-0.39, 0.29) is 5.91 Å². The maximum Gasteiger partial charge on any atom is 0.255 e. The molecule has 1 saturated heterocycles. The zero-order chi connectivity index (χ0) is 20.1. The number of amides is 1. The highest BCUT2D eigenvalue weighted by molar-refractivity contribution is 5.95. The number of nitrogens with zero attached hydrogens (tertiary/aromatic N) is 5. The highest BCUT2D eigenvalue weighted by Crippen LogP contribution is 2.22. The van der Waals surface area contributed by atoms with Crippen molar-refractivity contribution in [3.8, 4) is 0 Å². The van der Waals surface area contributed by atoms with Gasteiger partial charge in [0.1, 0.15) is 0 Å². The van der Waals surface area contributed by atoms with Crippen LogP contribution in [0.1, 0.15) is 22.8 Å². The minimum Gasteiger partial charge on any atom is -0.354 e. The van der Waals surface area contributed by atoms with E-state index in [2.05, 4.69) is 38.2 Å². The summed E-state index contributed by atoms with van der Waals surface area (Å²) in [5, 5.41) is 3.39. The molecule has 0 aliphatic carbocycles. The molecule has 4 rings (SSSR count). The van der Waals surface area contributed by atoms with Crippen LogP contribution in [-0.2, 0) is 6.42 Å². The lowest BCUT2D eigenvalue weighted by atomic mass is 10.1. The van der Waals surface area contributed by atoms with E-state index in [1.807, 2.05) is 29.2 Å². The predicted octanol–water partition coefficient (Wildman–Crippen LogP) is 3.14. The summed E-state index contributed by atoms with van der Waals surface area (Å²) in [5.41, 5.74) is 3.67. The van der Waals surface area contributed by atoms with Gasteiger partial charge in [0.05, 0.1) is 17.4 Å². The second-order valence-corrected chi connectivity index (χ2v) is 6.93. The Hall–Kier alpha value is -3.48. The Balaban J connectivity index is 1.43. The van der Waals surface area contributed by atoms with Crippen LogP contribution in [-0.4, -0.2) is 51.9 Å². The lowest BCUT2D eigenvalue weighted by molar-refractivity contribution is 0.0746. The summed E-state index contributed by atoms with van der Waals surface area (Å²) in [7, 11) is 0. The molecule has 1 aliphatic rings. The molecule has 3 heterocycles. The van der Waals surface area contributed by atoms with E-state index >= 15 is 0 Å². The Labute approximate surface area is 170 Å². The van der Waals surface area contributed by atoms with Crippen LogP contribution in [0, 0.1) is 0 Å². The number of hydrogen-bond donors (Lipinski definition) is 1. The summed E-state index contributed by atoms with van der Waals surface area (Å²) in [4.78, 5) is 29.8. The van der Waals surface area contributed by atoms with Gasteiger partial charge in [-0.15, -0.1) is 0 Å². The van der Waals surface area contributed by atoms with Crippen molar-refractivity contribution < 1.29 is 4.79 Å². The standard InChI is InChI=1S/C22H24N6O/c1-2-17-6-3-4-7-20(17)26-19-14-18(15-23-16-19)21(29)27-10-12-28(13-11-27)22-24-8-5-9-25-22/h3-9,14-16,26H,2,10-13H2,1H3. The van der Waals surface area contributed by atoms with Crippen LogP contribution >= 0.6 is 0 Å². The van der Waals surface area contributed by atoms with E-state index in [0.717, 1.165) is 17.8 Å². The van der Waals surface area contributed by atoms with Crippen LogP contribution in [0.5, 0.6) is 0 Å². The SMILES string of the molecule is CCc1ccccc1Nc1cncc(C(=O)N2CCN(c3ncccn3)CC2)c1. The minimum atomic E-state index is -0.00134. The van der Waals surface area contributed by atoms with E-state index in [4.69, 9.17) is 0 Å². The average Bonchev–Trinajstić information content (AvgIpc) is 2.80. The largest absolute Gasteiger partial charge is 0.354 e. The van der Waals surface area contributed by atoms with E-state index in [0.29, 0.717) is 37.7 Å². The summed E-state index contributed by atoms with van der Waals surface area (Å²) >= 11 is 0. The van der Waals surface area contributed by atoms with E-state index in [1.165, 1.54) is 5.56 Å². The molecule has 0 atom stereocenters. The van der Waals surface area contributed by atoms with Gasteiger partial charge in [-0.3, -0.25) is 9.78 Å². The molecule has 3 aromatic rings. The average molecular weight is 388 g/mol. The number of rotatable bonds is 5. The topological polar surface area (TPSA) is 74.2 Å². The maximum absolute atomic E-state index is 13.0. The number of piperazine rings is 1. The smallest absolute Gasteiger partial charge is 0.255 e. The van der Waals surface area contributed by atoms with Gasteiger partial charge < -0.3 is 15.1 Å². The quantitative estimate of drug-likeness (QED) is 0.724. The molecule has 1 fully saturated rings. The third kappa shape index (κ3) is 4.34. The zero-order valence-electron chi connectivity index (χ0n) is 16.5. The van der Waals surface area contributed by atoms with Gasteiger partial charge in [-0.25, -0.2) is 9.97 Å². The number of aromatic nitrogens is 3. The number of aryl methyl sites for hydroxylation is 1. The molecule has 1 N–H and O–H groups in total. The lowest BCUT2D eigenvalue weighted by Crippen LogP contribution is -2.49. The van der Waals surface area contributed by atoms with Gasteiger partial charge in [-0.05, 0) is 30.2 Å². The zero-order valence-corrected chi connectivity index (χ0v) is 16.5. The summed E-state index contributed by atoms with van der Waals surface area (Å²) in [6.45, 7) is 4.82. The molecule has 148 valence electrons. The molecule has 0 spiro atoms. The molecule has 1 amide bonds. The number of para-hydroxylation sites is 1. The molecule has 1 aliphatic heterocycles. The normalized spacial score (nSPS) is 14.0. The Morgan fingerprint density at radius 3 is 2.55 bits per heavy atom. The minimum absolute atomic E-state index is 0.00134. The number of nitrogens with one attached hydrogen (secondary N) is 1. The molecule has 29 heavy (non-hydrogen) atoms. The summed E-state index contributed by atoms with van der Waals surface area (Å²) in [6, 6.07) is 11.8. The van der Waals surface area contributed by atoms with E-state index < -0.39 is 0 Å². The molecule has 0 bridgehead atoms. The molecule has 0 saturated carbocycles. The lowest BCUT2D eigenvalue weighted by Gasteiger charge is -2.34. The van der Waals surface area contributed by atoms with Crippen LogP contribution in [0.15, 0.2) is 61.2 Å². The van der Waals surface area contributed by atoms with Crippen molar-refractivity contribution in [1.82, 2.24) is 19.9 Å². The molecular formula is C22H24N6O. The Kier molecular flexibility index (Phi) is 5.65. The van der Waals surface area contributed by atoms with Crippen LogP contribution in [0.3, 0.4) is 0 Å². The highest BCUT2D eigenvalue weighted by atomic mass is 16.2. The fourth-order valence-corrected chi connectivity index (χ4v) is 3.48. The van der Waals surface area contributed by atoms with Crippen molar-refractivity contribution in [1.29, 1.82) is 0 Å². The molecule has 7 heteroatoms. The van der Waals surface area contributed by atoms with Crippen LogP contribution in [0.25, 0.3) is 0 Å². The van der Waals surface area contributed by atoms with Crippen molar-refractivity contribution in [2.24, 2.45) is 0 Å². The van der Waals surface area contributed by atoms with Gasteiger partial charge in [0.25, 0.3) is 5.91 Å². The predicted molar refractivity (Wildman–Crippen MR) is 113 cm³/mol. The number of carbonyl (C=O) groups excluding carboxylic acids is 1.